The lowest BCUT2D eigenvalue weighted by Crippen LogP contribution is -2.23. The van der Waals surface area contributed by atoms with E-state index in [1.807, 2.05) is 65.6 Å². The van der Waals surface area contributed by atoms with E-state index in [1.54, 1.807) is 61.1 Å². The van der Waals surface area contributed by atoms with E-state index < -0.39 is 0 Å². The number of anilines is 2. The second kappa shape index (κ2) is 20.0. The first kappa shape index (κ1) is 48.6. The van der Waals surface area contributed by atoms with Crippen molar-refractivity contribution in [2.45, 2.75) is 52.6 Å². The van der Waals surface area contributed by atoms with Gasteiger partial charge in [-0.25, -0.2) is 39.3 Å². The number of halogens is 3. The second-order valence-corrected chi connectivity index (χ2v) is 24.1. The maximum Gasteiger partial charge on any atom is 0.369 e. The summed E-state index contributed by atoms with van der Waals surface area (Å²) >= 11 is 9.31. The van der Waals surface area contributed by atoms with Crippen LogP contribution in [-0.4, -0.2) is 74.0 Å². The summed E-state index contributed by atoms with van der Waals surface area (Å²) in [7, 11) is 1.67. The van der Waals surface area contributed by atoms with Crippen LogP contribution in [-0.2, 0) is 11.1 Å². The number of hydrogen-bond donors (Lipinski definition) is 3. The fourth-order valence-electron chi connectivity index (χ4n) is 7.96. The molecule has 0 radical (unpaired) electrons. The zero-order valence-corrected chi connectivity index (χ0v) is 43.5. The van der Waals surface area contributed by atoms with Crippen molar-refractivity contribution in [1.29, 1.82) is 0 Å². The van der Waals surface area contributed by atoms with Crippen molar-refractivity contribution in [3.63, 3.8) is 0 Å². The SMILES string of the molecule is BrB(Br)Br.CC(C)(C)n1c(-c2cc(O)ccc2-n2cccn2)nc2cc(-c3cnc(N)nc3)ccc21.COc1ccc(-n2cccn2)c(-c2nc3cc(-c4cnc(N)nc4)ccc3n2C(C)(C)C)c1. The average molecular weight is 1120 g/mol. The normalized spacial score (nSPS) is 11.5. The summed E-state index contributed by atoms with van der Waals surface area (Å²) < 4.78 is 13.9. The predicted octanol–water partition coefficient (Wildman–Crippen LogP) is 11.2. The topological polar surface area (TPSA) is 204 Å². The molecule has 6 aromatic heterocycles. The van der Waals surface area contributed by atoms with Gasteiger partial charge < -0.3 is 30.4 Å². The molecule has 0 amide bonds. The zero-order valence-electron chi connectivity index (χ0n) is 38.8. The fourth-order valence-corrected chi connectivity index (χ4v) is 7.96. The number of nitrogen functional groups attached to an aromatic ring is 2. The number of methoxy groups -OCH3 is 1. The van der Waals surface area contributed by atoms with E-state index in [0.717, 1.165) is 84.2 Å². The van der Waals surface area contributed by atoms with Crippen LogP contribution in [0.3, 0.4) is 0 Å². The van der Waals surface area contributed by atoms with Crippen molar-refractivity contribution < 1.29 is 9.84 Å². The van der Waals surface area contributed by atoms with Crippen LogP contribution < -0.4 is 16.2 Å². The maximum absolute atomic E-state index is 10.3. The Labute approximate surface area is 423 Å². The van der Waals surface area contributed by atoms with Crippen LogP contribution in [0.25, 0.3) is 78.5 Å². The Hall–Kier alpha value is -6.90. The molecule has 0 unspecified atom stereocenters. The van der Waals surface area contributed by atoms with Crippen molar-refractivity contribution in [3.05, 3.63) is 135 Å². The number of ether oxygens (including phenoxy) is 1. The number of phenolic OH excluding ortho intramolecular Hbond substituents is 1. The maximum atomic E-state index is 10.3. The first-order chi connectivity index (χ1) is 32.9. The standard InChI is InChI=1S/C25H25N7O.C24H23N7O.BBr3/c1-25(2,3)32-22-8-6-16(17-14-27-24(26)28-15-17)12-20(22)30-23(32)19-13-18(33-4)7-9-21(19)31-11-5-10-29-31;1-24(2,3)31-21-7-5-15(16-13-26-23(25)27-14-16)11-19(21)29-22(31)18-12-17(32)6-8-20(18)30-10-4-9-28-30;2-1(3)4/h5-15H,1-4H3,(H2,26,27,28);4-14,32H,1-3H3,(H2,25,26,27);. The van der Waals surface area contributed by atoms with E-state index >= 15 is 0 Å². The molecule has 0 bridgehead atoms. The molecule has 0 aliphatic carbocycles. The summed E-state index contributed by atoms with van der Waals surface area (Å²) in [5, 5.41) is 19.1. The van der Waals surface area contributed by atoms with Gasteiger partial charge in [-0.1, -0.05) is 12.1 Å². The van der Waals surface area contributed by atoms with Gasteiger partial charge in [0.1, 0.15) is 23.1 Å². The Kier molecular flexibility index (Phi) is 14.1. The van der Waals surface area contributed by atoms with E-state index in [4.69, 9.17) is 26.2 Å². The number of nitrogens with two attached hydrogens (primary N) is 2. The van der Waals surface area contributed by atoms with Crippen molar-refractivity contribution in [2.75, 3.05) is 18.6 Å². The molecule has 69 heavy (non-hydrogen) atoms. The molecule has 0 aliphatic rings. The third-order valence-corrected chi connectivity index (χ3v) is 10.8. The Morgan fingerprint density at radius 1 is 0.565 bits per heavy atom. The summed E-state index contributed by atoms with van der Waals surface area (Å²) in [6, 6.07) is 27.3. The van der Waals surface area contributed by atoms with E-state index in [2.05, 4.69) is 152 Å². The van der Waals surface area contributed by atoms with Crippen molar-refractivity contribution in [3.8, 4) is 67.9 Å². The number of imidazole rings is 2. The Balaban J connectivity index is 0.000000173. The molecule has 0 atom stereocenters. The van der Waals surface area contributed by atoms with Gasteiger partial charge in [0, 0.05) is 82.9 Å². The molecule has 10 aromatic rings. The van der Waals surface area contributed by atoms with Gasteiger partial charge in [-0.05, 0) is 125 Å². The minimum absolute atomic E-state index is 0.170. The molecule has 5 N–H and O–H groups in total. The first-order valence-corrected chi connectivity index (χ1v) is 24.3. The molecule has 350 valence electrons. The van der Waals surface area contributed by atoms with Crippen LogP contribution in [0.4, 0.5) is 11.9 Å². The molecule has 0 saturated heterocycles. The van der Waals surface area contributed by atoms with Crippen molar-refractivity contribution in [1.82, 2.24) is 58.6 Å². The molecule has 0 fully saturated rings. The van der Waals surface area contributed by atoms with Gasteiger partial charge in [-0.2, -0.15) is 10.2 Å². The first-order valence-electron chi connectivity index (χ1n) is 21.6. The van der Waals surface area contributed by atoms with Gasteiger partial charge in [0.25, 0.3) is 0 Å². The van der Waals surface area contributed by atoms with E-state index in [0.29, 0.717) is 0 Å². The summed E-state index contributed by atoms with van der Waals surface area (Å²) in [5.74, 6) is 3.01. The lowest BCUT2D eigenvalue weighted by atomic mass is 10.0. The number of aromatic hydroxyl groups is 1. The Bertz CT molecular complexity index is 3360. The van der Waals surface area contributed by atoms with E-state index in [1.165, 1.54) is 0 Å². The number of hydrogen-bond acceptors (Lipinski definition) is 12. The molecule has 6 heterocycles. The van der Waals surface area contributed by atoms with Gasteiger partial charge in [-0.15, -0.1) is 47.3 Å². The van der Waals surface area contributed by atoms with Crippen molar-refractivity contribution in [2.24, 2.45) is 0 Å². The fraction of sp³-hybridized carbons (Fsp3) is 0.184. The highest BCUT2D eigenvalue weighted by atomic mass is 79.9. The summed E-state index contributed by atoms with van der Waals surface area (Å²) in [5.41, 5.74) is 21.7. The molecular formula is C49H48BBr3N14O2. The lowest BCUT2D eigenvalue weighted by Gasteiger charge is -2.25. The summed E-state index contributed by atoms with van der Waals surface area (Å²) in [6.07, 6.45) is 14.2. The average Bonchev–Trinajstić information content (AvgIpc) is 4.15. The van der Waals surface area contributed by atoms with Crippen LogP contribution in [0.1, 0.15) is 41.5 Å². The van der Waals surface area contributed by atoms with Crippen molar-refractivity contribution >= 4 is 84.4 Å². The highest BCUT2D eigenvalue weighted by Crippen LogP contribution is 2.39. The number of fused-ring (bicyclic) bond motifs is 2. The minimum Gasteiger partial charge on any atom is -0.508 e. The Morgan fingerprint density at radius 2 is 0.986 bits per heavy atom. The number of rotatable bonds is 7. The van der Waals surface area contributed by atoms with E-state index in [-0.39, 0.29) is 31.9 Å². The van der Waals surface area contributed by atoms with Crippen LogP contribution in [0.2, 0.25) is 0 Å². The quantitative estimate of drug-likeness (QED) is 0.128. The van der Waals surface area contributed by atoms with Crippen LogP contribution in [0.15, 0.2) is 135 Å². The number of nitrogens with zero attached hydrogens (tertiary/aromatic N) is 12. The molecule has 16 nitrogen and oxygen atoms in total. The minimum atomic E-state index is -0.261. The van der Waals surface area contributed by atoms with Crippen LogP contribution in [0.5, 0.6) is 11.5 Å². The van der Waals surface area contributed by atoms with Crippen LogP contribution in [0, 0.1) is 0 Å². The Morgan fingerprint density at radius 3 is 1.38 bits per heavy atom. The van der Waals surface area contributed by atoms with Gasteiger partial charge in [0.2, 0.25) is 11.9 Å². The number of aromatic nitrogens is 12. The monoisotopic (exact) mass is 1110 g/mol. The van der Waals surface area contributed by atoms with Gasteiger partial charge in [-0.3, -0.25) is 0 Å². The lowest BCUT2D eigenvalue weighted by molar-refractivity contribution is 0.410. The van der Waals surface area contributed by atoms with Crippen LogP contribution >= 0.6 is 47.3 Å². The molecule has 0 saturated carbocycles. The molecule has 20 heteroatoms. The van der Waals surface area contributed by atoms with Gasteiger partial charge in [0.15, 0.2) is 0 Å². The highest BCUT2D eigenvalue weighted by molar-refractivity contribution is 9.69. The number of phenols is 1. The number of benzene rings is 4. The molecule has 0 spiro atoms. The molecule has 4 aromatic carbocycles. The predicted molar refractivity (Wildman–Crippen MR) is 286 cm³/mol. The smallest absolute Gasteiger partial charge is 0.369 e. The summed E-state index contributed by atoms with van der Waals surface area (Å²) in [6.45, 7) is 12.9. The summed E-state index contributed by atoms with van der Waals surface area (Å²) in [4.78, 5) is 26.6. The van der Waals surface area contributed by atoms with Gasteiger partial charge >= 0.3 is 3.18 Å². The molecule has 10 rings (SSSR count). The largest absolute Gasteiger partial charge is 0.508 e. The third-order valence-electron chi connectivity index (χ3n) is 10.8. The van der Waals surface area contributed by atoms with Gasteiger partial charge in [0.05, 0.1) is 40.6 Å². The zero-order chi connectivity index (χ0) is 49.2. The highest BCUT2D eigenvalue weighted by Gasteiger charge is 2.27. The molecular weight excluding hydrogens is 1070 g/mol. The van der Waals surface area contributed by atoms with E-state index in [9.17, 15) is 5.11 Å². The second-order valence-electron chi connectivity index (χ2n) is 17.7. The molecule has 0 aliphatic heterocycles. The third kappa shape index (κ3) is 10.7.